The molecule has 0 spiro atoms. The van der Waals surface area contributed by atoms with E-state index in [-0.39, 0.29) is 30.4 Å². The summed E-state index contributed by atoms with van der Waals surface area (Å²) in [6.07, 6.45) is 1.76. The summed E-state index contributed by atoms with van der Waals surface area (Å²) in [5.74, 6) is 0.851. The second-order valence-corrected chi connectivity index (χ2v) is 6.91. The van der Waals surface area contributed by atoms with Crippen LogP contribution >= 0.6 is 0 Å². The van der Waals surface area contributed by atoms with Gasteiger partial charge in [-0.2, -0.15) is 0 Å². The van der Waals surface area contributed by atoms with E-state index in [0.29, 0.717) is 26.2 Å². The number of ether oxygens (including phenoxy) is 2. The lowest BCUT2D eigenvalue weighted by molar-refractivity contribution is -0.148. The van der Waals surface area contributed by atoms with Crippen molar-refractivity contribution in [1.82, 2.24) is 9.80 Å². The molecule has 6 heteroatoms. The summed E-state index contributed by atoms with van der Waals surface area (Å²) in [5, 5.41) is 0. The first-order valence-electron chi connectivity index (χ1n) is 8.85. The summed E-state index contributed by atoms with van der Waals surface area (Å²) in [6, 6.07) is 7.95. The van der Waals surface area contributed by atoms with Crippen molar-refractivity contribution in [3.05, 3.63) is 29.8 Å². The van der Waals surface area contributed by atoms with E-state index in [2.05, 4.69) is 0 Å². The van der Waals surface area contributed by atoms with Crippen LogP contribution in [0.15, 0.2) is 24.3 Å². The van der Waals surface area contributed by atoms with Crippen molar-refractivity contribution < 1.29 is 19.1 Å². The second-order valence-electron chi connectivity index (χ2n) is 6.91. The normalized spacial score (nSPS) is 21.0. The quantitative estimate of drug-likeness (QED) is 0.810. The molecule has 2 heterocycles. The van der Waals surface area contributed by atoms with Crippen LogP contribution in [0, 0.1) is 12.8 Å². The topological polar surface area (TPSA) is 59.1 Å². The molecule has 3 rings (SSSR count). The number of benzene rings is 1. The van der Waals surface area contributed by atoms with E-state index in [1.165, 1.54) is 7.11 Å². The van der Waals surface area contributed by atoms with Crippen LogP contribution in [0.2, 0.25) is 0 Å². The van der Waals surface area contributed by atoms with Crippen molar-refractivity contribution in [2.75, 3.05) is 39.9 Å². The van der Waals surface area contributed by atoms with E-state index < -0.39 is 0 Å². The molecule has 0 aromatic heterocycles. The van der Waals surface area contributed by atoms with Gasteiger partial charge in [0.1, 0.15) is 18.5 Å². The maximum Gasteiger partial charge on any atom is 0.248 e. The molecule has 2 fully saturated rings. The molecular formula is C19H26N2O4. The molecule has 0 bridgehead atoms. The standard InChI is InChI=1S/C19H26N2O4/c1-14-5-3-7-16(9-14)25-17-11-21(12-17)19(23)15-6-4-8-20(10-15)18(22)13-24-2/h3,5,7,9,15,17H,4,6,8,10-13H2,1-2H3/t15-/m1/s1. The molecule has 0 unspecified atom stereocenters. The number of likely N-dealkylation sites (tertiary alicyclic amines) is 2. The highest BCUT2D eigenvalue weighted by Gasteiger charge is 2.37. The number of methoxy groups -OCH3 is 1. The van der Waals surface area contributed by atoms with Crippen molar-refractivity contribution in [2.24, 2.45) is 5.92 Å². The molecule has 0 aliphatic carbocycles. The summed E-state index contributed by atoms with van der Waals surface area (Å²) in [5.41, 5.74) is 1.16. The zero-order valence-corrected chi connectivity index (χ0v) is 14.9. The van der Waals surface area contributed by atoms with Crippen molar-refractivity contribution in [2.45, 2.75) is 25.9 Å². The van der Waals surface area contributed by atoms with Gasteiger partial charge in [-0.05, 0) is 37.5 Å². The molecule has 2 aliphatic rings. The van der Waals surface area contributed by atoms with Crippen LogP contribution in [-0.2, 0) is 14.3 Å². The Morgan fingerprint density at radius 2 is 2.00 bits per heavy atom. The fourth-order valence-corrected chi connectivity index (χ4v) is 3.45. The van der Waals surface area contributed by atoms with Crippen molar-refractivity contribution in [1.29, 1.82) is 0 Å². The number of piperidine rings is 1. The summed E-state index contributed by atoms with van der Waals surface area (Å²) < 4.78 is 10.8. The molecule has 2 saturated heterocycles. The van der Waals surface area contributed by atoms with Gasteiger partial charge in [-0.15, -0.1) is 0 Å². The molecule has 6 nitrogen and oxygen atoms in total. The lowest BCUT2D eigenvalue weighted by atomic mass is 9.94. The van der Waals surface area contributed by atoms with Gasteiger partial charge in [0.25, 0.3) is 0 Å². The third kappa shape index (κ3) is 4.31. The first-order valence-corrected chi connectivity index (χ1v) is 8.85. The third-order valence-corrected chi connectivity index (χ3v) is 4.84. The molecular weight excluding hydrogens is 320 g/mol. The Kier molecular flexibility index (Phi) is 5.58. The predicted molar refractivity (Wildman–Crippen MR) is 93.4 cm³/mol. The average molecular weight is 346 g/mol. The molecule has 25 heavy (non-hydrogen) atoms. The second kappa shape index (κ2) is 7.87. The molecule has 2 amide bonds. The number of carbonyl (C=O) groups excluding carboxylic acids is 2. The molecule has 0 N–H and O–H groups in total. The smallest absolute Gasteiger partial charge is 0.248 e. The summed E-state index contributed by atoms with van der Waals surface area (Å²) in [4.78, 5) is 28.2. The van der Waals surface area contributed by atoms with Crippen LogP contribution in [0.3, 0.4) is 0 Å². The van der Waals surface area contributed by atoms with E-state index in [0.717, 1.165) is 24.2 Å². The van der Waals surface area contributed by atoms with Crippen LogP contribution in [0.5, 0.6) is 5.75 Å². The Morgan fingerprint density at radius 3 is 2.72 bits per heavy atom. The highest BCUT2D eigenvalue weighted by Crippen LogP contribution is 2.24. The van der Waals surface area contributed by atoms with Gasteiger partial charge in [-0.1, -0.05) is 12.1 Å². The van der Waals surface area contributed by atoms with Crippen LogP contribution in [0.1, 0.15) is 18.4 Å². The number of rotatable bonds is 5. The monoisotopic (exact) mass is 346 g/mol. The first-order chi connectivity index (χ1) is 12.1. The first kappa shape index (κ1) is 17.7. The Hall–Kier alpha value is -2.08. The third-order valence-electron chi connectivity index (χ3n) is 4.84. The highest BCUT2D eigenvalue weighted by atomic mass is 16.5. The number of hydrogen-bond donors (Lipinski definition) is 0. The van der Waals surface area contributed by atoms with Crippen LogP contribution in [0.4, 0.5) is 0 Å². The van der Waals surface area contributed by atoms with E-state index in [1.54, 1.807) is 4.90 Å². The minimum Gasteiger partial charge on any atom is -0.487 e. The Morgan fingerprint density at radius 1 is 1.20 bits per heavy atom. The summed E-state index contributed by atoms with van der Waals surface area (Å²) in [7, 11) is 1.51. The molecule has 2 aliphatic heterocycles. The summed E-state index contributed by atoms with van der Waals surface area (Å²) in [6.45, 7) is 4.57. The fraction of sp³-hybridized carbons (Fsp3) is 0.579. The maximum absolute atomic E-state index is 12.7. The van der Waals surface area contributed by atoms with Gasteiger partial charge in [0.05, 0.1) is 19.0 Å². The largest absolute Gasteiger partial charge is 0.487 e. The Bertz CT molecular complexity index is 628. The molecule has 0 radical (unpaired) electrons. The van der Waals surface area contributed by atoms with Crippen molar-refractivity contribution in [3.8, 4) is 5.75 Å². The van der Waals surface area contributed by atoms with Gasteiger partial charge in [-0.25, -0.2) is 0 Å². The number of nitrogens with zero attached hydrogens (tertiary/aromatic N) is 2. The van der Waals surface area contributed by atoms with Crippen molar-refractivity contribution >= 4 is 11.8 Å². The number of carbonyl (C=O) groups is 2. The van der Waals surface area contributed by atoms with Gasteiger partial charge in [-0.3, -0.25) is 9.59 Å². The maximum atomic E-state index is 12.7. The molecule has 1 atom stereocenters. The molecule has 1 aromatic carbocycles. The van der Waals surface area contributed by atoms with Crippen LogP contribution < -0.4 is 4.74 Å². The van der Waals surface area contributed by atoms with Gasteiger partial charge >= 0.3 is 0 Å². The van der Waals surface area contributed by atoms with Crippen molar-refractivity contribution in [3.63, 3.8) is 0 Å². The number of hydrogen-bond acceptors (Lipinski definition) is 4. The minimum atomic E-state index is -0.102. The van der Waals surface area contributed by atoms with Gasteiger partial charge in [0.2, 0.25) is 11.8 Å². The lowest BCUT2D eigenvalue weighted by Crippen LogP contribution is -2.59. The Labute approximate surface area is 148 Å². The van der Waals surface area contributed by atoms with E-state index in [1.807, 2.05) is 36.1 Å². The highest BCUT2D eigenvalue weighted by molar-refractivity contribution is 5.82. The molecule has 136 valence electrons. The van der Waals surface area contributed by atoms with Gasteiger partial charge in [0.15, 0.2) is 0 Å². The molecule has 0 saturated carbocycles. The van der Waals surface area contributed by atoms with E-state index in [4.69, 9.17) is 9.47 Å². The van der Waals surface area contributed by atoms with E-state index in [9.17, 15) is 9.59 Å². The average Bonchev–Trinajstić information content (AvgIpc) is 2.57. The fourth-order valence-electron chi connectivity index (χ4n) is 3.45. The lowest BCUT2D eigenvalue weighted by Gasteiger charge is -2.42. The van der Waals surface area contributed by atoms with Gasteiger partial charge in [0, 0.05) is 20.2 Å². The SMILES string of the molecule is COCC(=O)N1CCC[C@@H](C(=O)N2CC(Oc3cccc(C)c3)C2)C1. The predicted octanol–water partition coefficient (Wildman–Crippen LogP) is 1.47. The van der Waals surface area contributed by atoms with E-state index >= 15 is 0 Å². The number of amides is 2. The zero-order valence-electron chi connectivity index (χ0n) is 14.9. The minimum absolute atomic E-state index is 0.0377. The summed E-state index contributed by atoms with van der Waals surface area (Å²) >= 11 is 0. The molecule has 1 aromatic rings. The van der Waals surface area contributed by atoms with Crippen LogP contribution in [0.25, 0.3) is 0 Å². The Balaban J connectivity index is 1.47. The van der Waals surface area contributed by atoms with Gasteiger partial charge < -0.3 is 19.3 Å². The number of aryl methyl sites for hydroxylation is 1. The zero-order chi connectivity index (χ0) is 17.8. The van der Waals surface area contributed by atoms with Crippen LogP contribution in [-0.4, -0.2) is 67.6 Å².